The smallest absolute Gasteiger partial charge is 0.226 e. The molecule has 0 aliphatic carbocycles. The summed E-state index contributed by atoms with van der Waals surface area (Å²) in [5.41, 5.74) is 0.979. The monoisotopic (exact) mass is 329 g/mol. The van der Waals surface area contributed by atoms with Crippen LogP contribution in [0, 0.1) is 5.92 Å². The molecular weight excluding hydrogens is 314 g/mol. The largest absolute Gasteiger partial charge is 0.342 e. The Morgan fingerprint density at radius 2 is 2.11 bits per heavy atom. The van der Waals surface area contributed by atoms with Gasteiger partial charge in [0, 0.05) is 17.6 Å². The summed E-state index contributed by atoms with van der Waals surface area (Å²) < 4.78 is 0.868. The molecule has 1 aromatic carbocycles. The zero-order valence-electron chi connectivity index (χ0n) is 10.5. The van der Waals surface area contributed by atoms with Crippen LogP contribution >= 0.6 is 27.5 Å². The maximum absolute atomic E-state index is 12.1. The second kappa shape index (κ2) is 6.07. The molecule has 0 saturated carbocycles. The predicted molar refractivity (Wildman–Crippen MR) is 77.8 cm³/mol. The Bertz CT molecular complexity index is 441. The second-order valence-corrected chi connectivity index (χ2v) is 6.25. The van der Waals surface area contributed by atoms with Gasteiger partial charge in [-0.2, -0.15) is 0 Å². The van der Waals surface area contributed by atoms with E-state index >= 15 is 0 Å². The topological polar surface area (TPSA) is 20.3 Å². The molecule has 1 aliphatic heterocycles. The highest BCUT2D eigenvalue weighted by molar-refractivity contribution is 9.10. The van der Waals surface area contributed by atoms with Crippen molar-refractivity contribution in [1.29, 1.82) is 0 Å². The van der Waals surface area contributed by atoms with E-state index in [4.69, 9.17) is 11.6 Å². The molecule has 98 valence electrons. The molecule has 0 bridgehead atoms. The Morgan fingerprint density at radius 3 is 2.72 bits per heavy atom. The lowest BCUT2D eigenvalue weighted by Crippen LogP contribution is -2.38. The van der Waals surface area contributed by atoms with Crippen LogP contribution in [0.4, 0.5) is 0 Å². The van der Waals surface area contributed by atoms with E-state index in [1.807, 2.05) is 23.1 Å². The number of halogens is 2. The van der Waals surface area contributed by atoms with Crippen molar-refractivity contribution in [3.8, 4) is 0 Å². The summed E-state index contributed by atoms with van der Waals surface area (Å²) in [5, 5.41) is 0.660. The highest BCUT2D eigenvalue weighted by atomic mass is 79.9. The number of hydrogen-bond donors (Lipinski definition) is 0. The van der Waals surface area contributed by atoms with E-state index in [1.165, 1.54) is 0 Å². The van der Waals surface area contributed by atoms with Crippen molar-refractivity contribution in [2.75, 3.05) is 13.1 Å². The Balaban J connectivity index is 1.96. The van der Waals surface area contributed by atoms with Gasteiger partial charge in [0.15, 0.2) is 0 Å². The molecule has 0 unspecified atom stereocenters. The lowest BCUT2D eigenvalue weighted by atomic mass is 9.98. The third-order valence-corrected chi connectivity index (χ3v) is 4.71. The average molecular weight is 331 g/mol. The lowest BCUT2D eigenvalue weighted by molar-refractivity contribution is -0.131. The molecule has 0 spiro atoms. The van der Waals surface area contributed by atoms with Gasteiger partial charge in [-0.15, -0.1) is 0 Å². The number of piperidine rings is 1. The standard InChI is InChI=1S/C14H17BrClNO/c1-10-4-6-17(7-5-10)14(18)9-11-2-3-12(15)13(16)8-11/h2-3,8,10H,4-7,9H2,1H3. The van der Waals surface area contributed by atoms with Crippen molar-refractivity contribution in [3.63, 3.8) is 0 Å². The van der Waals surface area contributed by atoms with Gasteiger partial charge >= 0.3 is 0 Å². The van der Waals surface area contributed by atoms with Gasteiger partial charge in [0.2, 0.25) is 5.91 Å². The Morgan fingerprint density at radius 1 is 1.44 bits per heavy atom. The molecule has 1 heterocycles. The minimum absolute atomic E-state index is 0.209. The normalized spacial score (nSPS) is 16.9. The molecule has 0 radical (unpaired) electrons. The number of nitrogens with zero attached hydrogens (tertiary/aromatic N) is 1. The maximum Gasteiger partial charge on any atom is 0.226 e. The Kier molecular flexibility index (Phi) is 4.68. The van der Waals surface area contributed by atoms with Crippen LogP contribution in [0.15, 0.2) is 22.7 Å². The third kappa shape index (κ3) is 3.48. The fourth-order valence-electron chi connectivity index (χ4n) is 2.19. The van der Waals surface area contributed by atoms with Gasteiger partial charge in [0.25, 0.3) is 0 Å². The molecular formula is C14H17BrClNO. The van der Waals surface area contributed by atoms with Crippen molar-refractivity contribution in [1.82, 2.24) is 4.90 Å². The van der Waals surface area contributed by atoms with Gasteiger partial charge in [0.05, 0.1) is 11.4 Å². The van der Waals surface area contributed by atoms with Crippen molar-refractivity contribution in [2.45, 2.75) is 26.2 Å². The van der Waals surface area contributed by atoms with E-state index in [2.05, 4.69) is 22.9 Å². The summed E-state index contributed by atoms with van der Waals surface area (Å²) in [4.78, 5) is 14.1. The van der Waals surface area contributed by atoms with Gasteiger partial charge in [-0.3, -0.25) is 4.79 Å². The molecule has 1 fully saturated rings. The lowest BCUT2D eigenvalue weighted by Gasteiger charge is -2.30. The van der Waals surface area contributed by atoms with E-state index in [0.29, 0.717) is 11.4 Å². The molecule has 0 N–H and O–H groups in total. The van der Waals surface area contributed by atoms with E-state index in [9.17, 15) is 4.79 Å². The molecule has 18 heavy (non-hydrogen) atoms. The van der Waals surface area contributed by atoms with Crippen molar-refractivity contribution >= 4 is 33.4 Å². The first kappa shape index (κ1) is 13.9. The highest BCUT2D eigenvalue weighted by Gasteiger charge is 2.20. The molecule has 2 rings (SSSR count). The zero-order valence-corrected chi connectivity index (χ0v) is 12.8. The molecule has 4 heteroatoms. The summed E-state index contributed by atoms with van der Waals surface area (Å²) in [6.07, 6.45) is 2.68. The summed E-state index contributed by atoms with van der Waals surface area (Å²) >= 11 is 9.38. The Labute approximate surface area is 121 Å². The van der Waals surface area contributed by atoms with Crippen LogP contribution in [0.1, 0.15) is 25.3 Å². The molecule has 1 amide bonds. The van der Waals surface area contributed by atoms with Gasteiger partial charge in [-0.25, -0.2) is 0 Å². The van der Waals surface area contributed by atoms with E-state index in [1.54, 1.807) is 0 Å². The molecule has 0 aromatic heterocycles. The fraction of sp³-hybridized carbons (Fsp3) is 0.500. The van der Waals surface area contributed by atoms with Gasteiger partial charge in [-0.05, 0) is 52.4 Å². The number of likely N-dealkylation sites (tertiary alicyclic amines) is 1. The summed E-state index contributed by atoms with van der Waals surface area (Å²) in [6.45, 7) is 4.03. The third-order valence-electron chi connectivity index (χ3n) is 3.48. The highest BCUT2D eigenvalue weighted by Crippen LogP contribution is 2.24. The van der Waals surface area contributed by atoms with Gasteiger partial charge < -0.3 is 4.90 Å². The van der Waals surface area contributed by atoms with Crippen molar-refractivity contribution in [3.05, 3.63) is 33.3 Å². The van der Waals surface area contributed by atoms with Crippen LogP contribution in [-0.4, -0.2) is 23.9 Å². The quantitative estimate of drug-likeness (QED) is 0.805. The fourth-order valence-corrected chi connectivity index (χ4v) is 2.64. The van der Waals surface area contributed by atoms with E-state index in [0.717, 1.165) is 41.9 Å². The van der Waals surface area contributed by atoms with E-state index < -0.39 is 0 Å². The van der Waals surface area contributed by atoms with Crippen molar-refractivity contribution in [2.24, 2.45) is 5.92 Å². The molecule has 1 aliphatic rings. The predicted octanol–water partition coefficient (Wildman–Crippen LogP) is 3.90. The van der Waals surface area contributed by atoms with Crippen LogP contribution in [0.3, 0.4) is 0 Å². The van der Waals surface area contributed by atoms with E-state index in [-0.39, 0.29) is 5.91 Å². The first-order valence-electron chi connectivity index (χ1n) is 6.28. The summed E-state index contributed by atoms with van der Waals surface area (Å²) in [6, 6.07) is 5.69. The number of carbonyl (C=O) groups excluding carboxylic acids is 1. The van der Waals surface area contributed by atoms with Crippen molar-refractivity contribution < 1.29 is 4.79 Å². The minimum atomic E-state index is 0.209. The Hall–Kier alpha value is -0.540. The summed E-state index contributed by atoms with van der Waals surface area (Å²) in [5.74, 6) is 0.955. The number of hydrogen-bond acceptors (Lipinski definition) is 1. The van der Waals surface area contributed by atoms with Crippen LogP contribution < -0.4 is 0 Å². The van der Waals surface area contributed by atoms with Gasteiger partial charge in [0.1, 0.15) is 0 Å². The SMILES string of the molecule is CC1CCN(C(=O)Cc2ccc(Br)c(Cl)c2)CC1. The van der Waals surface area contributed by atoms with Gasteiger partial charge in [-0.1, -0.05) is 24.6 Å². The minimum Gasteiger partial charge on any atom is -0.342 e. The average Bonchev–Trinajstić information content (AvgIpc) is 2.34. The summed E-state index contributed by atoms with van der Waals surface area (Å²) in [7, 11) is 0. The van der Waals surface area contributed by atoms with Crippen LogP contribution in [0.5, 0.6) is 0 Å². The number of amides is 1. The molecule has 1 aromatic rings. The molecule has 2 nitrogen and oxygen atoms in total. The first-order valence-corrected chi connectivity index (χ1v) is 7.45. The molecule has 0 atom stereocenters. The van der Waals surface area contributed by atoms with Crippen LogP contribution in [-0.2, 0) is 11.2 Å². The maximum atomic E-state index is 12.1. The number of benzene rings is 1. The number of carbonyl (C=O) groups is 1. The number of rotatable bonds is 2. The zero-order chi connectivity index (χ0) is 13.1. The first-order chi connectivity index (χ1) is 8.56. The van der Waals surface area contributed by atoms with Crippen LogP contribution in [0.25, 0.3) is 0 Å². The van der Waals surface area contributed by atoms with Crippen LogP contribution in [0.2, 0.25) is 5.02 Å². The second-order valence-electron chi connectivity index (χ2n) is 4.99. The molecule has 1 saturated heterocycles.